The molecule has 2 heterocycles. The minimum absolute atomic E-state index is 0.246. The summed E-state index contributed by atoms with van der Waals surface area (Å²) in [5.41, 5.74) is 3.28. The molecule has 0 bridgehead atoms. The molecular weight excluding hydrogens is 254 g/mol. The van der Waals surface area contributed by atoms with Gasteiger partial charge < -0.3 is 10.7 Å². The first-order chi connectivity index (χ1) is 8.70. The Morgan fingerprint density at radius 3 is 2.72 bits per heavy atom. The summed E-state index contributed by atoms with van der Waals surface area (Å²) in [5.74, 6) is 5.11. The van der Waals surface area contributed by atoms with Crippen molar-refractivity contribution in [1.29, 1.82) is 0 Å². The third-order valence-corrected chi connectivity index (χ3v) is 2.46. The molecule has 18 heavy (non-hydrogen) atoms. The van der Waals surface area contributed by atoms with Gasteiger partial charge in [0.1, 0.15) is 5.69 Å². The summed E-state index contributed by atoms with van der Waals surface area (Å²) in [6.07, 6.45) is 2.99. The van der Waals surface area contributed by atoms with Crippen molar-refractivity contribution in [2.24, 2.45) is 5.84 Å². The summed E-state index contributed by atoms with van der Waals surface area (Å²) < 4.78 is 0. The average Bonchev–Trinajstić information content (AvgIpc) is 2.41. The number of nitrogens with one attached hydrogen (secondary N) is 2. The van der Waals surface area contributed by atoms with Gasteiger partial charge in [0.25, 0.3) is 5.91 Å². The Morgan fingerprint density at radius 2 is 2.11 bits per heavy atom. The van der Waals surface area contributed by atoms with Crippen LogP contribution in [0.5, 0.6) is 0 Å². The minimum atomic E-state index is -0.390. The van der Waals surface area contributed by atoms with Crippen LogP contribution < -0.4 is 16.6 Å². The number of amides is 1. The minimum Gasteiger partial charge on any atom is -0.323 e. The molecule has 6 nitrogen and oxygen atoms in total. The first-order valence-corrected chi connectivity index (χ1v) is 5.43. The number of hydrogen-bond donors (Lipinski definition) is 3. The zero-order chi connectivity index (χ0) is 13.0. The molecule has 0 aliphatic carbocycles. The zero-order valence-electron chi connectivity index (χ0n) is 9.22. The predicted octanol–water partition coefficient (Wildman–Crippen LogP) is 1.67. The maximum atomic E-state index is 11.8. The van der Waals surface area contributed by atoms with E-state index in [1.807, 2.05) is 0 Å². The number of hydrogen-bond acceptors (Lipinski definition) is 5. The number of halogens is 1. The van der Waals surface area contributed by atoms with Gasteiger partial charge in [0.2, 0.25) is 0 Å². The number of aromatic nitrogens is 2. The highest BCUT2D eigenvalue weighted by molar-refractivity contribution is 6.33. The Labute approximate surface area is 108 Å². The lowest BCUT2D eigenvalue weighted by molar-refractivity contribution is 0.102. The Morgan fingerprint density at radius 1 is 1.28 bits per heavy atom. The maximum absolute atomic E-state index is 11.8. The van der Waals surface area contributed by atoms with Crippen LogP contribution in [0.3, 0.4) is 0 Å². The monoisotopic (exact) mass is 263 g/mol. The number of pyridine rings is 2. The van der Waals surface area contributed by atoms with Gasteiger partial charge in [0.05, 0.1) is 16.9 Å². The third kappa shape index (κ3) is 2.73. The normalized spacial score (nSPS) is 9.89. The molecule has 4 N–H and O–H groups in total. The molecule has 0 saturated heterocycles. The summed E-state index contributed by atoms with van der Waals surface area (Å²) >= 11 is 5.88. The van der Waals surface area contributed by atoms with Crippen molar-refractivity contribution in [2.75, 3.05) is 10.7 Å². The van der Waals surface area contributed by atoms with Crippen molar-refractivity contribution in [3.05, 3.63) is 47.4 Å². The maximum Gasteiger partial charge on any atom is 0.275 e. The second kappa shape index (κ2) is 5.44. The van der Waals surface area contributed by atoms with Crippen molar-refractivity contribution in [1.82, 2.24) is 9.97 Å². The number of carbonyl (C=O) groups excluding carboxylic acids is 1. The van der Waals surface area contributed by atoms with Crippen LogP contribution in [-0.4, -0.2) is 15.9 Å². The quantitative estimate of drug-likeness (QED) is 0.579. The van der Waals surface area contributed by atoms with E-state index in [0.717, 1.165) is 0 Å². The van der Waals surface area contributed by atoms with Gasteiger partial charge in [0, 0.05) is 6.20 Å². The topological polar surface area (TPSA) is 92.9 Å². The molecule has 0 spiro atoms. The molecule has 0 saturated carbocycles. The number of hydrazine groups is 1. The average molecular weight is 264 g/mol. The van der Waals surface area contributed by atoms with E-state index in [-0.39, 0.29) is 11.6 Å². The van der Waals surface area contributed by atoms with E-state index >= 15 is 0 Å². The van der Waals surface area contributed by atoms with E-state index in [1.54, 1.807) is 24.3 Å². The summed E-state index contributed by atoms with van der Waals surface area (Å²) in [6.45, 7) is 0. The van der Waals surface area contributed by atoms with Gasteiger partial charge in [-0.1, -0.05) is 11.6 Å². The first kappa shape index (κ1) is 12.3. The summed E-state index contributed by atoms with van der Waals surface area (Å²) in [5, 5.41) is 2.93. The van der Waals surface area contributed by atoms with E-state index in [1.165, 1.54) is 12.4 Å². The fourth-order valence-electron chi connectivity index (χ4n) is 1.26. The molecule has 0 aromatic carbocycles. The van der Waals surface area contributed by atoms with Crippen molar-refractivity contribution < 1.29 is 4.79 Å². The number of nitrogens with zero attached hydrogens (tertiary/aromatic N) is 2. The fraction of sp³-hybridized carbons (Fsp3) is 0. The van der Waals surface area contributed by atoms with Gasteiger partial charge >= 0.3 is 0 Å². The highest BCUT2D eigenvalue weighted by atomic mass is 35.5. The van der Waals surface area contributed by atoms with Crippen LogP contribution in [0.4, 0.5) is 11.5 Å². The number of rotatable bonds is 3. The lowest BCUT2D eigenvalue weighted by atomic mass is 10.3. The van der Waals surface area contributed by atoms with Crippen LogP contribution in [0.25, 0.3) is 0 Å². The van der Waals surface area contributed by atoms with Crippen LogP contribution in [0, 0.1) is 0 Å². The summed E-state index contributed by atoms with van der Waals surface area (Å²) in [4.78, 5) is 19.7. The SMILES string of the molecule is NNc1ccc(C(=O)Nc2ncccc2Cl)nc1. The molecule has 92 valence electrons. The molecule has 2 aromatic heterocycles. The Kier molecular flexibility index (Phi) is 3.71. The molecule has 2 rings (SSSR count). The predicted molar refractivity (Wildman–Crippen MR) is 69.2 cm³/mol. The van der Waals surface area contributed by atoms with E-state index in [4.69, 9.17) is 17.4 Å². The molecule has 0 radical (unpaired) electrons. The van der Waals surface area contributed by atoms with Gasteiger partial charge in [0.15, 0.2) is 5.82 Å². The highest BCUT2D eigenvalue weighted by Gasteiger charge is 2.10. The van der Waals surface area contributed by atoms with Crippen LogP contribution >= 0.6 is 11.6 Å². The standard InChI is InChI=1S/C11H10ClN5O/c12-8-2-1-5-14-10(8)16-11(18)9-4-3-7(17-13)6-15-9/h1-6,17H,13H2,(H,14,16,18). The van der Waals surface area contributed by atoms with E-state index in [9.17, 15) is 4.79 Å². The second-order valence-electron chi connectivity index (χ2n) is 3.36. The highest BCUT2D eigenvalue weighted by Crippen LogP contribution is 2.18. The van der Waals surface area contributed by atoms with E-state index in [0.29, 0.717) is 16.5 Å². The van der Waals surface area contributed by atoms with E-state index in [2.05, 4.69) is 20.7 Å². The van der Waals surface area contributed by atoms with Gasteiger partial charge in [-0.3, -0.25) is 10.6 Å². The number of nitrogen functional groups attached to an aromatic ring is 1. The first-order valence-electron chi connectivity index (χ1n) is 5.05. The van der Waals surface area contributed by atoms with Crippen molar-refractivity contribution in [3.63, 3.8) is 0 Å². The molecule has 0 unspecified atom stereocenters. The lowest BCUT2D eigenvalue weighted by Crippen LogP contribution is -2.15. The Bertz CT molecular complexity index is 558. The summed E-state index contributed by atoms with van der Waals surface area (Å²) in [7, 11) is 0. The number of nitrogens with two attached hydrogens (primary N) is 1. The van der Waals surface area contributed by atoms with E-state index < -0.39 is 0 Å². The molecule has 0 aliphatic heterocycles. The van der Waals surface area contributed by atoms with Crippen LogP contribution in [0.2, 0.25) is 5.02 Å². The molecule has 0 atom stereocenters. The fourth-order valence-corrected chi connectivity index (χ4v) is 1.43. The van der Waals surface area contributed by atoms with Crippen LogP contribution in [0.15, 0.2) is 36.7 Å². The smallest absolute Gasteiger partial charge is 0.275 e. The van der Waals surface area contributed by atoms with Gasteiger partial charge in [-0.15, -0.1) is 0 Å². The van der Waals surface area contributed by atoms with Crippen LogP contribution in [0.1, 0.15) is 10.5 Å². The molecular formula is C11H10ClN5O. The Balaban J connectivity index is 2.14. The molecule has 2 aromatic rings. The molecule has 1 amide bonds. The third-order valence-electron chi connectivity index (χ3n) is 2.15. The molecule has 7 heteroatoms. The molecule has 0 fully saturated rings. The largest absolute Gasteiger partial charge is 0.323 e. The van der Waals surface area contributed by atoms with Gasteiger partial charge in [-0.05, 0) is 24.3 Å². The van der Waals surface area contributed by atoms with Crippen molar-refractivity contribution >= 4 is 29.0 Å². The van der Waals surface area contributed by atoms with Crippen molar-refractivity contribution in [3.8, 4) is 0 Å². The van der Waals surface area contributed by atoms with Crippen LogP contribution in [-0.2, 0) is 0 Å². The Hall–Kier alpha value is -2.18. The lowest BCUT2D eigenvalue weighted by Gasteiger charge is -2.05. The number of anilines is 2. The van der Waals surface area contributed by atoms with Gasteiger partial charge in [-0.25, -0.2) is 9.97 Å². The van der Waals surface area contributed by atoms with Gasteiger partial charge in [-0.2, -0.15) is 0 Å². The summed E-state index contributed by atoms with van der Waals surface area (Å²) in [6, 6.07) is 6.50. The molecule has 0 aliphatic rings. The van der Waals surface area contributed by atoms with Crippen molar-refractivity contribution in [2.45, 2.75) is 0 Å². The number of carbonyl (C=O) groups is 1. The zero-order valence-corrected chi connectivity index (χ0v) is 9.98. The second-order valence-corrected chi connectivity index (χ2v) is 3.77.